The number of aromatic nitrogens is 4. The van der Waals surface area contributed by atoms with E-state index in [1.807, 2.05) is 55.5 Å². The SMILES string of the molecule is C[C@@H](NC(=O)O)c1nc2ccc(CCc3ccc4nc([C@@H](C)NC(=O)OCc5ccccc5)[nH]c4c3)cc2[nH]1. The number of carboxylic acid groups (broad SMARTS) is 1. The molecule has 2 atom stereocenters. The number of nitrogens with one attached hydrogen (secondary N) is 4. The molecular formula is C29H30N6O4. The van der Waals surface area contributed by atoms with Gasteiger partial charge in [-0.3, -0.25) is 0 Å². The number of aryl methyl sites for hydroxylation is 2. The molecule has 5 N–H and O–H groups in total. The average Bonchev–Trinajstić information content (AvgIpc) is 3.55. The van der Waals surface area contributed by atoms with Gasteiger partial charge < -0.3 is 30.4 Å². The number of ether oxygens (including phenoxy) is 1. The van der Waals surface area contributed by atoms with Crippen LogP contribution in [0.1, 0.15) is 54.3 Å². The predicted molar refractivity (Wildman–Crippen MR) is 147 cm³/mol. The summed E-state index contributed by atoms with van der Waals surface area (Å²) in [4.78, 5) is 38.8. The number of imidazole rings is 2. The maximum absolute atomic E-state index is 12.2. The van der Waals surface area contributed by atoms with Gasteiger partial charge >= 0.3 is 12.2 Å². The fourth-order valence-electron chi connectivity index (χ4n) is 4.43. The van der Waals surface area contributed by atoms with Crippen LogP contribution in [-0.4, -0.2) is 37.2 Å². The van der Waals surface area contributed by atoms with Gasteiger partial charge in [-0.1, -0.05) is 42.5 Å². The molecule has 5 rings (SSSR count). The molecule has 5 aromatic rings. The summed E-state index contributed by atoms with van der Waals surface area (Å²) in [7, 11) is 0. The number of amides is 2. The molecule has 2 heterocycles. The number of carbonyl (C=O) groups is 2. The van der Waals surface area contributed by atoms with Crippen LogP contribution in [-0.2, 0) is 24.2 Å². The van der Waals surface area contributed by atoms with Crippen molar-refractivity contribution in [3.05, 3.63) is 95.1 Å². The first-order valence-corrected chi connectivity index (χ1v) is 12.8. The van der Waals surface area contributed by atoms with E-state index < -0.39 is 18.2 Å². The van der Waals surface area contributed by atoms with Crippen molar-refractivity contribution in [2.75, 3.05) is 0 Å². The van der Waals surface area contributed by atoms with Gasteiger partial charge in [-0.25, -0.2) is 19.6 Å². The maximum Gasteiger partial charge on any atom is 0.408 e. The summed E-state index contributed by atoms with van der Waals surface area (Å²) in [6.07, 6.45) is 0.0664. The summed E-state index contributed by atoms with van der Waals surface area (Å²) in [5.41, 5.74) is 6.63. The second-order valence-corrected chi connectivity index (χ2v) is 9.55. The molecule has 0 bridgehead atoms. The van der Waals surface area contributed by atoms with Gasteiger partial charge in [0.05, 0.1) is 34.2 Å². The molecule has 0 aliphatic carbocycles. The van der Waals surface area contributed by atoms with Crippen LogP contribution in [0.15, 0.2) is 66.7 Å². The smallest absolute Gasteiger partial charge is 0.408 e. The summed E-state index contributed by atoms with van der Waals surface area (Å²) < 4.78 is 5.32. The molecule has 0 spiro atoms. The third-order valence-corrected chi connectivity index (χ3v) is 6.54. The van der Waals surface area contributed by atoms with Crippen LogP contribution in [0.5, 0.6) is 0 Å². The van der Waals surface area contributed by atoms with Crippen molar-refractivity contribution in [1.82, 2.24) is 30.6 Å². The van der Waals surface area contributed by atoms with E-state index >= 15 is 0 Å². The Balaban J connectivity index is 1.19. The minimum atomic E-state index is -1.09. The number of nitrogens with zero attached hydrogens (tertiary/aromatic N) is 2. The van der Waals surface area contributed by atoms with Crippen LogP contribution in [0.4, 0.5) is 9.59 Å². The molecule has 0 saturated carbocycles. The molecule has 200 valence electrons. The largest absolute Gasteiger partial charge is 0.465 e. The van der Waals surface area contributed by atoms with Gasteiger partial charge in [0.2, 0.25) is 0 Å². The van der Waals surface area contributed by atoms with Crippen LogP contribution >= 0.6 is 0 Å². The first kappa shape index (κ1) is 25.8. The summed E-state index contributed by atoms with van der Waals surface area (Å²) >= 11 is 0. The van der Waals surface area contributed by atoms with Crippen molar-refractivity contribution in [3.63, 3.8) is 0 Å². The van der Waals surface area contributed by atoms with Crippen molar-refractivity contribution >= 4 is 34.3 Å². The fraction of sp³-hybridized carbons (Fsp3) is 0.241. The lowest BCUT2D eigenvalue weighted by atomic mass is 10.0. The van der Waals surface area contributed by atoms with E-state index in [0.29, 0.717) is 11.6 Å². The van der Waals surface area contributed by atoms with E-state index in [1.54, 1.807) is 6.92 Å². The lowest BCUT2D eigenvalue weighted by Crippen LogP contribution is -2.27. The molecule has 0 saturated heterocycles. The molecule has 0 aliphatic rings. The van der Waals surface area contributed by atoms with Crippen LogP contribution in [0.25, 0.3) is 22.1 Å². The van der Waals surface area contributed by atoms with Crippen molar-refractivity contribution in [3.8, 4) is 0 Å². The molecule has 2 aromatic heterocycles. The Kier molecular flexibility index (Phi) is 7.44. The molecular weight excluding hydrogens is 496 g/mol. The number of hydrogen-bond donors (Lipinski definition) is 5. The first-order valence-electron chi connectivity index (χ1n) is 12.8. The normalized spacial score (nSPS) is 12.8. The second kappa shape index (κ2) is 11.3. The summed E-state index contributed by atoms with van der Waals surface area (Å²) in [5.74, 6) is 1.24. The summed E-state index contributed by atoms with van der Waals surface area (Å²) in [6.45, 7) is 3.81. The van der Waals surface area contributed by atoms with Gasteiger partial charge in [0.1, 0.15) is 18.3 Å². The molecule has 10 nitrogen and oxygen atoms in total. The van der Waals surface area contributed by atoms with Crippen LogP contribution < -0.4 is 10.6 Å². The Bertz CT molecular complexity index is 1610. The van der Waals surface area contributed by atoms with E-state index in [1.165, 1.54) is 0 Å². The second-order valence-electron chi connectivity index (χ2n) is 9.55. The van der Waals surface area contributed by atoms with Crippen molar-refractivity contribution < 1.29 is 19.4 Å². The highest BCUT2D eigenvalue weighted by Gasteiger charge is 2.16. The molecule has 0 aliphatic heterocycles. The van der Waals surface area contributed by atoms with Crippen molar-refractivity contribution in [2.24, 2.45) is 0 Å². The van der Waals surface area contributed by atoms with E-state index in [0.717, 1.165) is 51.6 Å². The minimum Gasteiger partial charge on any atom is -0.465 e. The lowest BCUT2D eigenvalue weighted by molar-refractivity contribution is 0.136. The van der Waals surface area contributed by atoms with Crippen LogP contribution in [0.3, 0.4) is 0 Å². The van der Waals surface area contributed by atoms with E-state index in [9.17, 15) is 9.59 Å². The van der Waals surface area contributed by atoms with Crippen LogP contribution in [0, 0.1) is 0 Å². The lowest BCUT2D eigenvalue weighted by Gasteiger charge is -2.11. The Morgan fingerprint density at radius 2 is 1.33 bits per heavy atom. The van der Waals surface area contributed by atoms with Crippen molar-refractivity contribution in [2.45, 2.75) is 45.4 Å². The minimum absolute atomic E-state index is 0.207. The average molecular weight is 527 g/mol. The molecule has 0 radical (unpaired) electrons. The zero-order chi connectivity index (χ0) is 27.4. The van der Waals surface area contributed by atoms with Gasteiger partial charge in [-0.05, 0) is 67.6 Å². The van der Waals surface area contributed by atoms with Gasteiger partial charge in [-0.15, -0.1) is 0 Å². The number of rotatable bonds is 9. The molecule has 0 unspecified atom stereocenters. The highest BCUT2D eigenvalue weighted by Crippen LogP contribution is 2.21. The highest BCUT2D eigenvalue weighted by atomic mass is 16.5. The Hall–Kier alpha value is -4.86. The molecule has 0 fully saturated rings. The van der Waals surface area contributed by atoms with Gasteiger partial charge in [0.15, 0.2) is 0 Å². The summed E-state index contributed by atoms with van der Waals surface area (Å²) in [6, 6.07) is 20.9. The van der Waals surface area contributed by atoms with Crippen LogP contribution in [0.2, 0.25) is 0 Å². The monoisotopic (exact) mass is 526 g/mol. The number of alkyl carbamates (subject to hydrolysis) is 1. The van der Waals surface area contributed by atoms with E-state index in [2.05, 4.69) is 48.8 Å². The van der Waals surface area contributed by atoms with Gasteiger partial charge in [0.25, 0.3) is 0 Å². The zero-order valence-electron chi connectivity index (χ0n) is 21.7. The number of benzene rings is 3. The number of H-pyrrole nitrogens is 2. The van der Waals surface area contributed by atoms with Gasteiger partial charge in [0, 0.05) is 0 Å². The number of carbonyl (C=O) groups excluding carboxylic acids is 1. The fourth-order valence-corrected chi connectivity index (χ4v) is 4.43. The highest BCUT2D eigenvalue weighted by molar-refractivity contribution is 5.77. The third kappa shape index (κ3) is 6.35. The third-order valence-electron chi connectivity index (χ3n) is 6.54. The Morgan fingerprint density at radius 3 is 1.87 bits per heavy atom. The first-order chi connectivity index (χ1) is 18.8. The quantitative estimate of drug-likeness (QED) is 0.170. The zero-order valence-corrected chi connectivity index (χ0v) is 21.7. The van der Waals surface area contributed by atoms with E-state index in [-0.39, 0.29) is 12.6 Å². The van der Waals surface area contributed by atoms with E-state index in [4.69, 9.17) is 9.84 Å². The molecule has 2 amide bonds. The summed E-state index contributed by atoms with van der Waals surface area (Å²) in [5, 5.41) is 14.2. The molecule has 3 aromatic carbocycles. The maximum atomic E-state index is 12.2. The van der Waals surface area contributed by atoms with Crippen molar-refractivity contribution in [1.29, 1.82) is 0 Å². The number of hydrogen-bond acceptors (Lipinski definition) is 5. The molecule has 10 heteroatoms. The standard InChI is InChI=1S/C29H30N6O4/c1-17(30-28(36)37)26-32-22-12-10-19(14-24(22)34-26)8-9-20-11-13-23-25(15-20)35-27(33-23)18(2)31-29(38)39-16-21-6-4-3-5-7-21/h3-7,10-15,17-18,30H,8-9,16H2,1-2H3,(H,31,38)(H,32,34)(H,33,35)(H,36,37)/t17-,18-/m1/s1. The Labute approximate surface area is 224 Å². The predicted octanol–water partition coefficient (Wildman–Crippen LogP) is 5.54. The topological polar surface area (TPSA) is 145 Å². The number of aromatic amines is 2. The Morgan fingerprint density at radius 1 is 0.795 bits per heavy atom. The number of fused-ring (bicyclic) bond motifs is 2. The molecule has 39 heavy (non-hydrogen) atoms. The van der Waals surface area contributed by atoms with Gasteiger partial charge in [-0.2, -0.15) is 0 Å².